The first-order valence-electron chi connectivity index (χ1n) is 4.36. The molecular formula is C9H7BrF3NO2S. The van der Waals surface area contributed by atoms with Gasteiger partial charge in [-0.15, -0.1) is 0 Å². The Morgan fingerprint density at radius 1 is 1.59 bits per heavy atom. The Morgan fingerprint density at radius 3 is 2.71 bits per heavy atom. The normalized spacial score (nSPS) is 13.4. The molecule has 0 bridgehead atoms. The lowest BCUT2D eigenvalue weighted by Crippen LogP contribution is -2.28. The van der Waals surface area contributed by atoms with Crippen molar-refractivity contribution in [1.29, 1.82) is 0 Å². The minimum Gasteiger partial charge on any atom is -0.481 e. The summed E-state index contributed by atoms with van der Waals surface area (Å²) in [6.07, 6.45) is -4.22. The fourth-order valence-corrected chi connectivity index (χ4v) is 2.44. The van der Waals surface area contributed by atoms with Gasteiger partial charge in [0.05, 0.1) is 6.42 Å². The first-order chi connectivity index (χ1) is 7.80. The summed E-state index contributed by atoms with van der Waals surface area (Å²) in [4.78, 5) is 14.1. The van der Waals surface area contributed by atoms with Gasteiger partial charge in [0, 0.05) is 10.7 Å². The van der Waals surface area contributed by atoms with Gasteiger partial charge < -0.3 is 5.11 Å². The zero-order valence-electron chi connectivity index (χ0n) is 8.24. The molecule has 1 heterocycles. The molecule has 1 unspecified atom stereocenters. The number of alkyl halides is 3. The summed E-state index contributed by atoms with van der Waals surface area (Å²) in [5, 5.41) is 6.56. The van der Waals surface area contributed by atoms with E-state index in [1.165, 1.54) is 6.20 Å². The summed E-state index contributed by atoms with van der Waals surface area (Å²) in [7, 11) is 0. The second kappa shape index (κ2) is 5.72. The van der Waals surface area contributed by atoms with Crippen molar-refractivity contribution in [1.82, 2.24) is 4.98 Å². The summed E-state index contributed by atoms with van der Waals surface area (Å²) >= 11 is 3.45. The summed E-state index contributed by atoms with van der Waals surface area (Å²) in [6, 6.07) is 3.11. The molecule has 94 valence electrons. The van der Waals surface area contributed by atoms with Gasteiger partial charge in [0.25, 0.3) is 0 Å². The van der Waals surface area contributed by atoms with Crippen LogP contribution >= 0.6 is 27.7 Å². The molecule has 8 heteroatoms. The summed E-state index contributed by atoms with van der Waals surface area (Å²) in [6.45, 7) is 0. The molecule has 1 atom stereocenters. The van der Waals surface area contributed by atoms with Crippen LogP contribution in [0.1, 0.15) is 6.42 Å². The van der Waals surface area contributed by atoms with Gasteiger partial charge in [-0.25, -0.2) is 4.98 Å². The van der Waals surface area contributed by atoms with Crippen molar-refractivity contribution in [2.75, 3.05) is 0 Å². The largest absolute Gasteiger partial charge is 0.481 e. The smallest absolute Gasteiger partial charge is 0.401 e. The van der Waals surface area contributed by atoms with Crippen LogP contribution in [0.2, 0.25) is 0 Å². The predicted molar refractivity (Wildman–Crippen MR) is 59.9 cm³/mol. The van der Waals surface area contributed by atoms with Crippen molar-refractivity contribution >= 4 is 33.7 Å². The highest BCUT2D eigenvalue weighted by atomic mass is 79.9. The number of aromatic nitrogens is 1. The number of thioether (sulfide) groups is 1. The van der Waals surface area contributed by atoms with Crippen molar-refractivity contribution in [3.8, 4) is 0 Å². The molecule has 0 saturated heterocycles. The van der Waals surface area contributed by atoms with Crippen LogP contribution in [0.5, 0.6) is 0 Å². The molecule has 0 spiro atoms. The lowest BCUT2D eigenvalue weighted by atomic mass is 10.3. The maximum absolute atomic E-state index is 12.6. The second-order valence-electron chi connectivity index (χ2n) is 3.04. The second-order valence-corrected chi connectivity index (χ2v) is 5.08. The topological polar surface area (TPSA) is 50.2 Å². The molecule has 0 aliphatic heterocycles. The summed E-state index contributed by atoms with van der Waals surface area (Å²) in [5.41, 5.74) is 0. The van der Waals surface area contributed by atoms with Crippen molar-refractivity contribution in [2.24, 2.45) is 0 Å². The van der Waals surface area contributed by atoms with Gasteiger partial charge in [-0.2, -0.15) is 13.2 Å². The molecule has 1 aromatic rings. The third kappa shape index (κ3) is 4.55. The zero-order chi connectivity index (χ0) is 13.1. The highest BCUT2D eigenvalue weighted by Gasteiger charge is 2.42. The first kappa shape index (κ1) is 14.3. The van der Waals surface area contributed by atoms with Crippen molar-refractivity contribution in [2.45, 2.75) is 22.9 Å². The van der Waals surface area contributed by atoms with Crippen molar-refractivity contribution in [3.63, 3.8) is 0 Å². The Hall–Kier alpha value is -0.760. The lowest BCUT2D eigenvalue weighted by Gasteiger charge is -2.17. The van der Waals surface area contributed by atoms with Crippen LogP contribution in [0.4, 0.5) is 13.2 Å². The average molecular weight is 330 g/mol. The highest BCUT2D eigenvalue weighted by Crippen LogP contribution is 2.38. The Kier molecular flexibility index (Phi) is 4.81. The van der Waals surface area contributed by atoms with Crippen LogP contribution in [0.3, 0.4) is 0 Å². The van der Waals surface area contributed by atoms with E-state index in [0.29, 0.717) is 16.2 Å². The third-order valence-electron chi connectivity index (χ3n) is 1.70. The van der Waals surface area contributed by atoms with E-state index in [2.05, 4.69) is 20.9 Å². The standard InChI is InChI=1S/C9H7BrF3NO2S/c10-5-2-1-3-14-8(5)17-6(4-7(15)16)9(11,12)13/h1-3,6H,4H2,(H,15,16). The number of halogens is 4. The number of hydrogen-bond donors (Lipinski definition) is 1. The fourth-order valence-electron chi connectivity index (χ4n) is 0.975. The number of carbonyl (C=O) groups is 1. The summed E-state index contributed by atoms with van der Waals surface area (Å²) in [5.74, 6) is -1.49. The van der Waals surface area contributed by atoms with E-state index in [1.807, 2.05) is 0 Å². The van der Waals surface area contributed by atoms with E-state index in [1.54, 1.807) is 12.1 Å². The van der Waals surface area contributed by atoms with Crippen LogP contribution in [0.25, 0.3) is 0 Å². The Balaban J connectivity index is 2.87. The van der Waals surface area contributed by atoms with Gasteiger partial charge in [0.1, 0.15) is 10.3 Å². The Bertz CT molecular complexity index is 413. The number of nitrogens with zero attached hydrogens (tertiary/aromatic N) is 1. The van der Waals surface area contributed by atoms with E-state index in [-0.39, 0.29) is 5.03 Å². The number of aliphatic carboxylic acids is 1. The number of carboxylic acids is 1. The molecule has 1 aromatic heterocycles. The first-order valence-corrected chi connectivity index (χ1v) is 6.03. The van der Waals surface area contributed by atoms with E-state index < -0.39 is 23.8 Å². The Labute approximate surface area is 108 Å². The quantitative estimate of drug-likeness (QED) is 0.861. The number of hydrogen-bond acceptors (Lipinski definition) is 3. The molecule has 17 heavy (non-hydrogen) atoms. The van der Waals surface area contributed by atoms with Crippen LogP contribution < -0.4 is 0 Å². The van der Waals surface area contributed by atoms with E-state index >= 15 is 0 Å². The molecular weight excluding hydrogens is 323 g/mol. The minimum absolute atomic E-state index is 0.121. The maximum Gasteiger partial charge on any atom is 0.401 e. The van der Waals surface area contributed by atoms with Crippen LogP contribution in [-0.4, -0.2) is 27.5 Å². The molecule has 0 aliphatic rings. The van der Waals surface area contributed by atoms with E-state index in [0.717, 1.165) is 0 Å². The molecule has 0 radical (unpaired) electrons. The van der Waals surface area contributed by atoms with Crippen LogP contribution in [0, 0.1) is 0 Å². The average Bonchev–Trinajstić information content (AvgIpc) is 2.18. The predicted octanol–water partition coefficient (Wildman–Crippen LogP) is 3.34. The van der Waals surface area contributed by atoms with Gasteiger partial charge >= 0.3 is 12.1 Å². The maximum atomic E-state index is 12.6. The molecule has 1 rings (SSSR count). The molecule has 0 aromatic carbocycles. The van der Waals surface area contributed by atoms with Crippen molar-refractivity contribution < 1.29 is 23.1 Å². The minimum atomic E-state index is -4.58. The number of rotatable bonds is 4. The van der Waals surface area contributed by atoms with Gasteiger partial charge in [-0.1, -0.05) is 11.8 Å². The molecule has 0 aliphatic carbocycles. The molecule has 0 fully saturated rings. The monoisotopic (exact) mass is 329 g/mol. The number of pyridine rings is 1. The Morgan fingerprint density at radius 2 is 2.24 bits per heavy atom. The summed E-state index contributed by atoms with van der Waals surface area (Å²) < 4.78 is 38.1. The molecule has 0 amide bonds. The van der Waals surface area contributed by atoms with Gasteiger partial charge in [-0.3, -0.25) is 4.79 Å². The van der Waals surface area contributed by atoms with Gasteiger partial charge in [0.15, 0.2) is 0 Å². The molecule has 1 N–H and O–H groups in total. The third-order valence-corrected chi connectivity index (χ3v) is 3.87. The zero-order valence-corrected chi connectivity index (χ0v) is 10.6. The van der Waals surface area contributed by atoms with E-state index in [9.17, 15) is 18.0 Å². The van der Waals surface area contributed by atoms with Crippen LogP contribution in [-0.2, 0) is 4.79 Å². The molecule has 0 saturated carbocycles. The van der Waals surface area contributed by atoms with Crippen LogP contribution in [0.15, 0.2) is 27.8 Å². The van der Waals surface area contributed by atoms with Gasteiger partial charge in [-0.05, 0) is 28.1 Å². The molecule has 3 nitrogen and oxygen atoms in total. The number of carboxylic acid groups (broad SMARTS) is 1. The highest BCUT2D eigenvalue weighted by molar-refractivity contribution is 9.10. The van der Waals surface area contributed by atoms with Gasteiger partial charge in [0.2, 0.25) is 0 Å². The lowest BCUT2D eigenvalue weighted by molar-refractivity contribution is -0.149. The van der Waals surface area contributed by atoms with Crippen molar-refractivity contribution in [3.05, 3.63) is 22.8 Å². The SMILES string of the molecule is O=C(O)CC(Sc1ncccc1Br)C(F)(F)F. The fraction of sp³-hybridized carbons (Fsp3) is 0.333. The van der Waals surface area contributed by atoms with E-state index in [4.69, 9.17) is 5.11 Å².